The van der Waals surface area contributed by atoms with Gasteiger partial charge in [-0.15, -0.1) is 10.2 Å². The molecule has 0 atom stereocenters. The molecule has 0 spiro atoms. The van der Waals surface area contributed by atoms with Crippen molar-refractivity contribution in [3.63, 3.8) is 0 Å². The van der Waals surface area contributed by atoms with Crippen molar-refractivity contribution >= 4 is 42.0 Å². The van der Waals surface area contributed by atoms with Gasteiger partial charge in [0.25, 0.3) is 11.8 Å². The molecule has 21 nitrogen and oxygen atoms in total. The third-order valence-corrected chi connectivity index (χ3v) is 12.7. The van der Waals surface area contributed by atoms with E-state index in [1.807, 2.05) is 29.7 Å². The number of aliphatic carboxylic acids is 1. The van der Waals surface area contributed by atoms with E-state index < -0.39 is 94.0 Å². The number of nitrogens with two attached hydrogens (primary N) is 1. The number of amides is 6. The molecule has 534 valence electrons. The number of carboxylic acids is 1. The lowest BCUT2D eigenvalue weighted by Gasteiger charge is -2.19. The van der Waals surface area contributed by atoms with E-state index in [0.717, 1.165) is 47.5 Å². The van der Waals surface area contributed by atoms with Crippen molar-refractivity contribution in [1.29, 1.82) is 0 Å². The van der Waals surface area contributed by atoms with Crippen LogP contribution in [-0.2, 0) is 68.0 Å². The van der Waals surface area contributed by atoms with Crippen LogP contribution in [0.1, 0.15) is 152 Å². The number of nitrogen functional groups attached to an aromatic ring is 1. The minimum Gasteiger partial charge on any atom is -0.481 e. The molecule has 6 amide bonds. The summed E-state index contributed by atoms with van der Waals surface area (Å²) in [5.74, 6) is 3.28. The van der Waals surface area contributed by atoms with Crippen LogP contribution in [0, 0.1) is 0 Å². The van der Waals surface area contributed by atoms with Gasteiger partial charge in [0.1, 0.15) is 16.8 Å². The Labute approximate surface area is 565 Å². The zero-order chi connectivity index (χ0) is 73.9. The molecule has 0 aliphatic rings. The lowest BCUT2D eigenvalue weighted by atomic mass is 9.98. The van der Waals surface area contributed by atoms with Crippen LogP contribution in [0.5, 0.6) is 0 Å². The first kappa shape index (κ1) is 80.9. The number of aromatic nitrogens is 2. The van der Waals surface area contributed by atoms with Gasteiger partial charge in [0.05, 0.1) is 23.1 Å². The van der Waals surface area contributed by atoms with Gasteiger partial charge in [-0.2, -0.15) is 39.5 Å². The minimum atomic E-state index is -4.42. The summed E-state index contributed by atoms with van der Waals surface area (Å²) in [6.45, 7) is 16.1. The molecule has 30 heteroatoms. The van der Waals surface area contributed by atoms with Gasteiger partial charge >= 0.3 is 42.8 Å². The van der Waals surface area contributed by atoms with Crippen LogP contribution in [-0.4, -0.2) is 93.7 Å². The zero-order valence-electron chi connectivity index (χ0n) is 55.5. The summed E-state index contributed by atoms with van der Waals surface area (Å²) in [7, 11) is 0. The van der Waals surface area contributed by atoms with Gasteiger partial charge in [-0.3, -0.25) is 35.5 Å². The molecule has 99 heavy (non-hydrogen) atoms. The minimum absolute atomic E-state index is 0.0150. The zero-order valence-corrected chi connectivity index (χ0v) is 55.5. The Hall–Kier alpha value is -10.5. The molecule has 0 saturated carbocycles. The van der Waals surface area contributed by atoms with Gasteiger partial charge < -0.3 is 39.7 Å². The highest BCUT2D eigenvalue weighted by molar-refractivity contribution is 5.97. The Morgan fingerprint density at radius 1 is 0.444 bits per heavy atom. The van der Waals surface area contributed by atoms with Gasteiger partial charge in [0.2, 0.25) is 17.7 Å². The van der Waals surface area contributed by atoms with Gasteiger partial charge in [-0.1, -0.05) is 91.0 Å². The normalized spacial score (nSPS) is 11.5. The van der Waals surface area contributed by atoms with Crippen molar-refractivity contribution in [3.8, 4) is 11.5 Å². The molecule has 0 saturated heterocycles. The molecule has 6 aromatic carbocycles. The fourth-order valence-corrected chi connectivity index (χ4v) is 8.33. The molecule has 7 rings (SSSR count). The molecular weight excluding hydrogens is 1320 g/mol. The molecule has 0 aliphatic heterocycles. The van der Waals surface area contributed by atoms with Gasteiger partial charge in [-0.25, -0.2) is 20.2 Å². The van der Waals surface area contributed by atoms with Crippen LogP contribution in [0.2, 0.25) is 0 Å². The van der Waals surface area contributed by atoms with Gasteiger partial charge in [0.15, 0.2) is 0 Å². The van der Waals surface area contributed by atoms with E-state index >= 15 is 0 Å². The number of nitrogens with zero attached hydrogens (tertiary/aromatic N) is 2. The number of hydrazine groups is 2. The fraction of sp³-hybridized carbons (Fsp3) is 0.348. The Morgan fingerprint density at radius 2 is 0.798 bits per heavy atom. The average molecular weight is 1400 g/mol. The predicted octanol–water partition coefficient (Wildman–Crippen LogP) is 13.3. The summed E-state index contributed by atoms with van der Waals surface area (Å²) < 4.78 is 135. The van der Waals surface area contributed by atoms with Gasteiger partial charge in [0, 0.05) is 49.2 Å². The maximum Gasteiger partial charge on any atom is 0.416 e. The monoisotopic (exact) mass is 1400 g/mol. The number of alkyl halides is 9. The molecule has 0 bridgehead atoms. The van der Waals surface area contributed by atoms with E-state index in [2.05, 4.69) is 37.0 Å². The summed E-state index contributed by atoms with van der Waals surface area (Å²) in [4.78, 5) is 80.3. The quantitative estimate of drug-likeness (QED) is 0.0130. The number of nitrogens with one attached hydrogen (secondary N) is 6. The number of carboxylic acid groups (broad SMARTS) is 1. The Kier molecular flexibility index (Phi) is 30.0. The molecule has 0 aliphatic carbocycles. The molecule has 9 N–H and O–H groups in total. The van der Waals surface area contributed by atoms with Crippen molar-refractivity contribution in [1.82, 2.24) is 42.4 Å². The number of ether oxygens (including phenoxy) is 3. The number of benzene rings is 6. The van der Waals surface area contributed by atoms with Crippen LogP contribution in [0.25, 0.3) is 11.5 Å². The van der Waals surface area contributed by atoms with E-state index in [0.29, 0.717) is 64.4 Å². The van der Waals surface area contributed by atoms with Crippen LogP contribution < -0.4 is 38.1 Å². The van der Waals surface area contributed by atoms with E-state index in [1.165, 1.54) is 36.4 Å². The highest BCUT2D eigenvalue weighted by Gasteiger charge is 2.32. The molecular formula is C69H78F9N9O12. The van der Waals surface area contributed by atoms with Crippen molar-refractivity contribution in [2.75, 3.05) is 19.6 Å². The van der Waals surface area contributed by atoms with Crippen LogP contribution >= 0.6 is 0 Å². The maximum absolute atomic E-state index is 12.8. The third-order valence-electron chi connectivity index (χ3n) is 12.7. The number of carbonyl (C=O) groups is 7. The molecule has 0 unspecified atom stereocenters. The SMILES string of the molecule is CC(C)(C)OC(=O)NCCC(=O)NNC(=O)c1ccccc1Cc1ccc(C(F)(F)F)cc1.CC(C)(C)OC(=O)NCCC(=O)O.CC(C)(C)OC(=O)NCCc1nnc(-c2ccccc2Cc2ccc(C(F)(F)F)cc2)o1.NNC(=O)c1ccccc1Cc1ccc(C(F)(F)F)cc1. The van der Waals surface area contributed by atoms with Crippen molar-refractivity contribution < 1.29 is 96.8 Å². The van der Waals surface area contributed by atoms with Crippen molar-refractivity contribution in [2.45, 2.75) is 136 Å². The largest absolute Gasteiger partial charge is 0.481 e. The number of rotatable bonds is 18. The second-order valence-electron chi connectivity index (χ2n) is 24.5. The Balaban J connectivity index is 0.000000295. The van der Waals surface area contributed by atoms with E-state index in [-0.39, 0.29) is 44.5 Å². The molecule has 1 aromatic heterocycles. The summed E-state index contributed by atoms with van der Waals surface area (Å²) in [5, 5.41) is 23.8. The van der Waals surface area contributed by atoms with Crippen molar-refractivity contribution in [2.24, 2.45) is 5.84 Å². The van der Waals surface area contributed by atoms with Crippen LogP contribution in [0.3, 0.4) is 0 Å². The first-order valence-corrected chi connectivity index (χ1v) is 30.4. The molecule has 0 radical (unpaired) electrons. The van der Waals surface area contributed by atoms with Gasteiger partial charge in [-0.05, 0) is 170 Å². The standard InChI is InChI=1S/C23H26F3N3O4.C23H24F3N3O3.C15H13F3N2O.C8H15NO4/c1-22(2,3)33-21(32)27-13-12-19(30)28-29-20(31)18-7-5-4-6-16(18)14-15-8-10-17(11-9-15)23(24,25)26;1-22(2,3)32-21(30)27-13-12-19-28-29-20(31-19)18-7-5-4-6-16(18)14-15-8-10-17(11-9-15)23(24,25)26;16-15(17,18)12-7-5-10(6-8-12)9-11-3-1-2-4-13(11)14(21)20-19;1-8(2,3)13-7(12)9-5-4-6(10)11/h4-11H,12-14H2,1-3H3,(H,27,32)(H,28,30)(H,29,31);4-11H,12-14H2,1-3H3,(H,27,30);1-8H,9,19H2,(H,20,21);4-5H2,1-3H3,(H,9,12)(H,10,11). The Bertz CT molecular complexity index is 3790. The summed E-state index contributed by atoms with van der Waals surface area (Å²) in [6, 6.07) is 35.3. The van der Waals surface area contributed by atoms with E-state index in [9.17, 15) is 73.1 Å². The number of alkyl carbamates (subject to hydrolysis) is 3. The Morgan fingerprint density at radius 3 is 1.18 bits per heavy atom. The highest BCUT2D eigenvalue weighted by atomic mass is 19.4. The van der Waals surface area contributed by atoms with E-state index in [1.54, 1.807) is 111 Å². The highest BCUT2D eigenvalue weighted by Crippen LogP contribution is 2.33. The second kappa shape index (κ2) is 36.7. The topological polar surface area (TPSA) is 305 Å². The first-order valence-electron chi connectivity index (χ1n) is 30.4. The average Bonchev–Trinajstić information content (AvgIpc) is 1.62. The molecule has 0 fully saturated rings. The molecule has 1 heterocycles. The maximum atomic E-state index is 12.8. The lowest BCUT2D eigenvalue weighted by Crippen LogP contribution is -2.43. The number of halogens is 9. The smallest absolute Gasteiger partial charge is 0.416 e. The second-order valence-corrected chi connectivity index (χ2v) is 24.5. The summed E-state index contributed by atoms with van der Waals surface area (Å²) >= 11 is 0. The van der Waals surface area contributed by atoms with Crippen molar-refractivity contribution in [3.05, 3.63) is 213 Å². The fourth-order valence-electron chi connectivity index (χ4n) is 8.33. The number of hydrogen-bond donors (Lipinski definition) is 8. The van der Waals surface area contributed by atoms with E-state index in [4.69, 9.17) is 29.6 Å². The van der Waals surface area contributed by atoms with Crippen LogP contribution in [0.15, 0.2) is 150 Å². The summed E-state index contributed by atoms with van der Waals surface area (Å²) in [6.07, 6.45) is -13.8. The first-order chi connectivity index (χ1) is 46.1. The predicted molar refractivity (Wildman–Crippen MR) is 346 cm³/mol. The number of carbonyl (C=O) groups excluding carboxylic acids is 6. The third kappa shape index (κ3) is 31.0. The lowest BCUT2D eigenvalue weighted by molar-refractivity contribution is -0.138. The number of hydrogen-bond acceptors (Lipinski definition) is 14. The van der Waals surface area contributed by atoms with Crippen LogP contribution in [0.4, 0.5) is 53.9 Å². The molecule has 7 aromatic rings. The summed E-state index contributed by atoms with van der Waals surface area (Å²) in [5.41, 5.74) is 8.18.